The molecule has 0 spiro atoms. The van der Waals surface area contributed by atoms with E-state index in [9.17, 15) is 19.5 Å². The van der Waals surface area contributed by atoms with Crippen molar-refractivity contribution in [2.45, 2.75) is 49.6 Å². The van der Waals surface area contributed by atoms with Crippen LogP contribution in [0.1, 0.15) is 25.7 Å². The summed E-state index contributed by atoms with van der Waals surface area (Å²) >= 11 is 0. The number of hydrogen-bond donors (Lipinski definition) is 6. The maximum Gasteiger partial charge on any atom is 0.451 e. The van der Waals surface area contributed by atoms with Crippen LogP contribution in [-0.2, 0) is 4.79 Å². The van der Waals surface area contributed by atoms with Crippen LogP contribution in [0.25, 0.3) is 0 Å². The van der Waals surface area contributed by atoms with Crippen LogP contribution in [0.5, 0.6) is 0 Å². The summed E-state index contributed by atoms with van der Waals surface area (Å²) in [6, 6.07) is -0.148. The standard InChI is InChI=1S/C16H25BN4O6/c18-9-3-4-10(9)20-11-12(14(23)13(11)22)21-6-8(2-1-5-17(26)27)16(19,7-21)15(24)25/h8-10,20,26-27H,1-7,18-19H2,(H,24,25)/t8-,9?,10?,16-/m0/s1. The minimum absolute atomic E-state index is 0.0707. The number of carboxylic acids is 1. The zero-order valence-corrected chi connectivity index (χ0v) is 14.9. The van der Waals surface area contributed by atoms with Crippen molar-refractivity contribution in [1.82, 2.24) is 0 Å². The molecule has 2 unspecified atom stereocenters. The Hall–Kier alpha value is -1.95. The summed E-state index contributed by atoms with van der Waals surface area (Å²) in [6.07, 6.45) is 2.51. The van der Waals surface area contributed by atoms with Gasteiger partial charge in [0, 0.05) is 31.1 Å². The molecule has 0 radical (unpaired) electrons. The Kier molecular flexibility index (Phi) is 5.30. The largest absolute Gasteiger partial charge is 0.480 e. The fourth-order valence-electron chi connectivity index (χ4n) is 3.95. The minimum atomic E-state index is -1.58. The molecule has 1 aliphatic heterocycles. The molecule has 1 saturated carbocycles. The van der Waals surface area contributed by atoms with Crippen molar-refractivity contribution >= 4 is 24.5 Å². The molecular formula is C16H25BN4O6. The number of nitrogens with two attached hydrogens (primary N) is 2. The summed E-state index contributed by atoms with van der Waals surface area (Å²) in [5.41, 5.74) is 9.54. The highest BCUT2D eigenvalue weighted by Gasteiger charge is 2.51. The van der Waals surface area contributed by atoms with E-state index in [0.717, 1.165) is 12.8 Å². The van der Waals surface area contributed by atoms with E-state index in [0.29, 0.717) is 12.8 Å². The molecule has 4 atom stereocenters. The Labute approximate surface area is 156 Å². The van der Waals surface area contributed by atoms with E-state index in [4.69, 9.17) is 21.5 Å². The van der Waals surface area contributed by atoms with Crippen LogP contribution < -0.4 is 32.5 Å². The van der Waals surface area contributed by atoms with E-state index >= 15 is 0 Å². The summed E-state index contributed by atoms with van der Waals surface area (Å²) < 4.78 is 0. The van der Waals surface area contributed by atoms with Crippen LogP contribution in [0, 0.1) is 5.92 Å². The normalized spacial score (nSPS) is 30.4. The second kappa shape index (κ2) is 7.23. The first kappa shape index (κ1) is 19.8. The van der Waals surface area contributed by atoms with E-state index in [-0.39, 0.29) is 42.9 Å². The van der Waals surface area contributed by atoms with Gasteiger partial charge >= 0.3 is 13.1 Å². The summed E-state index contributed by atoms with van der Waals surface area (Å²) in [6.45, 7) is 0.117. The molecule has 148 valence electrons. The average molecular weight is 380 g/mol. The van der Waals surface area contributed by atoms with Crippen molar-refractivity contribution < 1.29 is 19.9 Å². The van der Waals surface area contributed by atoms with E-state index in [1.807, 2.05) is 0 Å². The van der Waals surface area contributed by atoms with Gasteiger partial charge in [0.05, 0.1) is 0 Å². The van der Waals surface area contributed by atoms with E-state index in [2.05, 4.69) is 5.32 Å². The monoisotopic (exact) mass is 380 g/mol. The van der Waals surface area contributed by atoms with E-state index < -0.39 is 35.4 Å². The van der Waals surface area contributed by atoms with Crippen molar-refractivity contribution in [3.8, 4) is 0 Å². The highest BCUT2D eigenvalue weighted by molar-refractivity contribution is 6.40. The van der Waals surface area contributed by atoms with Gasteiger partial charge in [-0.1, -0.05) is 6.42 Å². The highest BCUT2D eigenvalue weighted by atomic mass is 16.4. The summed E-state index contributed by atoms with van der Waals surface area (Å²) in [7, 11) is -1.46. The number of anilines is 2. The van der Waals surface area contributed by atoms with Crippen LogP contribution >= 0.6 is 0 Å². The lowest BCUT2D eigenvalue weighted by atomic mass is 9.78. The molecule has 0 amide bonds. The predicted molar refractivity (Wildman–Crippen MR) is 100 cm³/mol. The summed E-state index contributed by atoms with van der Waals surface area (Å²) in [5, 5.41) is 30.6. The topological polar surface area (TPSA) is 179 Å². The Morgan fingerprint density at radius 3 is 2.52 bits per heavy atom. The molecule has 1 aromatic rings. The molecule has 11 heteroatoms. The van der Waals surface area contributed by atoms with Gasteiger partial charge in [0.1, 0.15) is 16.9 Å². The molecule has 10 nitrogen and oxygen atoms in total. The summed E-state index contributed by atoms with van der Waals surface area (Å²) in [4.78, 5) is 37.5. The molecule has 1 aromatic carbocycles. The van der Waals surface area contributed by atoms with Crippen molar-refractivity contribution in [2.24, 2.45) is 17.4 Å². The summed E-state index contributed by atoms with van der Waals surface area (Å²) in [5.74, 6) is -1.68. The van der Waals surface area contributed by atoms with Crippen LogP contribution in [-0.4, -0.2) is 59.0 Å². The molecule has 2 fully saturated rings. The lowest BCUT2D eigenvalue weighted by molar-refractivity contribution is -0.144. The molecule has 1 aliphatic carbocycles. The van der Waals surface area contributed by atoms with Crippen LogP contribution in [0.4, 0.5) is 11.4 Å². The molecule has 1 heterocycles. The first-order valence-electron chi connectivity index (χ1n) is 9.14. The van der Waals surface area contributed by atoms with Crippen molar-refractivity contribution in [3.63, 3.8) is 0 Å². The third kappa shape index (κ3) is 3.47. The van der Waals surface area contributed by atoms with Gasteiger partial charge in [-0.15, -0.1) is 0 Å². The molecule has 1 saturated heterocycles. The molecule has 2 aliphatic rings. The second-order valence-electron chi connectivity index (χ2n) is 7.71. The lowest BCUT2D eigenvalue weighted by Crippen LogP contribution is -2.55. The number of carboxylic acid groups (broad SMARTS) is 1. The van der Waals surface area contributed by atoms with Gasteiger partial charge < -0.3 is 36.8 Å². The van der Waals surface area contributed by atoms with Gasteiger partial charge in [-0.25, -0.2) is 0 Å². The third-order valence-corrected chi connectivity index (χ3v) is 5.89. The predicted octanol–water partition coefficient (Wildman–Crippen LogP) is -2.34. The molecule has 0 aromatic heterocycles. The lowest BCUT2D eigenvalue weighted by Gasteiger charge is -2.36. The Morgan fingerprint density at radius 1 is 1.30 bits per heavy atom. The van der Waals surface area contributed by atoms with E-state index in [1.165, 1.54) is 0 Å². The van der Waals surface area contributed by atoms with Gasteiger partial charge in [-0.3, -0.25) is 14.4 Å². The Bertz CT molecular complexity index is 794. The van der Waals surface area contributed by atoms with Gasteiger partial charge in [-0.2, -0.15) is 0 Å². The number of nitrogens with zero attached hydrogens (tertiary/aromatic N) is 1. The number of carbonyl (C=O) groups is 1. The van der Waals surface area contributed by atoms with Crippen LogP contribution in [0.3, 0.4) is 0 Å². The molecule has 27 heavy (non-hydrogen) atoms. The fraction of sp³-hybridized carbons (Fsp3) is 0.688. The molecule has 0 bridgehead atoms. The van der Waals surface area contributed by atoms with Gasteiger partial charge in [0.15, 0.2) is 0 Å². The first-order valence-corrected chi connectivity index (χ1v) is 9.14. The zero-order chi connectivity index (χ0) is 19.9. The zero-order valence-electron chi connectivity index (χ0n) is 14.9. The third-order valence-electron chi connectivity index (χ3n) is 5.89. The Balaban J connectivity index is 1.78. The quantitative estimate of drug-likeness (QED) is 0.211. The molecular weight excluding hydrogens is 355 g/mol. The Morgan fingerprint density at radius 2 is 2.00 bits per heavy atom. The first-order chi connectivity index (χ1) is 12.6. The van der Waals surface area contributed by atoms with Gasteiger partial charge in [0.2, 0.25) is 0 Å². The van der Waals surface area contributed by atoms with Crippen LogP contribution in [0.2, 0.25) is 6.32 Å². The number of nitrogens with one attached hydrogen (secondary N) is 1. The highest BCUT2D eigenvalue weighted by Crippen LogP contribution is 2.36. The van der Waals surface area contributed by atoms with Crippen LogP contribution in [0.15, 0.2) is 9.59 Å². The smallest absolute Gasteiger partial charge is 0.451 e. The van der Waals surface area contributed by atoms with E-state index in [1.54, 1.807) is 4.90 Å². The molecule has 3 rings (SSSR count). The van der Waals surface area contributed by atoms with Crippen molar-refractivity contribution in [1.29, 1.82) is 0 Å². The molecule has 8 N–H and O–H groups in total. The minimum Gasteiger partial charge on any atom is -0.480 e. The van der Waals surface area contributed by atoms with Gasteiger partial charge in [-0.05, 0) is 25.6 Å². The van der Waals surface area contributed by atoms with Crippen molar-refractivity contribution in [3.05, 3.63) is 20.4 Å². The maximum atomic E-state index is 12.1. The average Bonchev–Trinajstić information content (AvgIpc) is 2.93. The van der Waals surface area contributed by atoms with Crippen molar-refractivity contribution in [2.75, 3.05) is 23.3 Å². The number of rotatable bonds is 8. The maximum absolute atomic E-state index is 12.1. The second-order valence-corrected chi connectivity index (χ2v) is 7.71. The van der Waals surface area contributed by atoms with Gasteiger partial charge in [0.25, 0.3) is 10.9 Å². The fourth-order valence-corrected chi connectivity index (χ4v) is 3.95. The number of hydrogen-bond acceptors (Lipinski definition) is 9. The SMILES string of the molecule is NC1CCC1Nc1c(N2C[C@H](CCCB(O)O)[C@](N)(C(=O)O)C2)c(=O)c1=O. The number of aliphatic carboxylic acids is 1.